The Kier molecular flexibility index (Phi) is 9.54. The number of hydrogen-bond acceptors (Lipinski definition) is 3. The van der Waals surface area contributed by atoms with Crippen LogP contribution < -0.4 is 10.1 Å². The molecule has 5 nitrogen and oxygen atoms in total. The minimum Gasteiger partial charge on any atom is -0.483 e. The van der Waals surface area contributed by atoms with Crippen LogP contribution in [-0.4, -0.2) is 35.4 Å². The minimum atomic E-state index is -0.717. The predicted molar refractivity (Wildman–Crippen MR) is 145 cm³/mol. The van der Waals surface area contributed by atoms with Crippen molar-refractivity contribution in [2.75, 3.05) is 6.61 Å². The van der Waals surface area contributed by atoms with E-state index in [9.17, 15) is 9.59 Å². The number of rotatable bonds is 10. The molecule has 0 spiro atoms. The van der Waals surface area contributed by atoms with Gasteiger partial charge in [-0.05, 0) is 80.6 Å². The van der Waals surface area contributed by atoms with Crippen LogP contribution in [0.15, 0.2) is 66.7 Å². The van der Waals surface area contributed by atoms with Crippen LogP contribution in [0, 0.1) is 20.8 Å². The quantitative estimate of drug-likeness (QED) is 0.377. The molecule has 190 valence electrons. The number of aryl methyl sites for hydroxylation is 2. The minimum absolute atomic E-state index is 0.0620. The lowest BCUT2D eigenvalue weighted by Gasteiger charge is -2.32. The standard InChI is InChI=1S/C30H35ClN2O3/c1-20(2)32-30(35)27(17-24-10-7-6-8-11-24)33(18-25-12-9-13-26(31)16-25)29(34)19-36-28-15-21(3)14-22(4)23(28)5/h6-16,20,27H,17-19H2,1-5H3,(H,32,35)/t27-/m0/s1. The molecule has 3 aromatic carbocycles. The Hall–Kier alpha value is -3.31. The van der Waals surface area contributed by atoms with Crippen molar-refractivity contribution >= 4 is 23.4 Å². The first-order chi connectivity index (χ1) is 17.1. The average molecular weight is 507 g/mol. The zero-order chi connectivity index (χ0) is 26.2. The summed E-state index contributed by atoms with van der Waals surface area (Å²) < 4.78 is 6.01. The molecule has 0 aliphatic carbocycles. The fraction of sp³-hybridized carbons (Fsp3) is 0.333. The molecular formula is C30H35ClN2O3. The van der Waals surface area contributed by atoms with E-state index in [0.29, 0.717) is 17.2 Å². The van der Waals surface area contributed by atoms with Crippen molar-refractivity contribution in [3.8, 4) is 5.75 Å². The fourth-order valence-corrected chi connectivity index (χ4v) is 4.35. The second-order valence-corrected chi connectivity index (χ2v) is 9.95. The van der Waals surface area contributed by atoms with Crippen molar-refractivity contribution in [3.63, 3.8) is 0 Å². The molecule has 0 bridgehead atoms. The van der Waals surface area contributed by atoms with Crippen molar-refractivity contribution in [2.45, 2.75) is 59.7 Å². The first kappa shape index (κ1) is 27.3. The zero-order valence-corrected chi connectivity index (χ0v) is 22.4. The number of carbonyl (C=O) groups is 2. The molecule has 0 fully saturated rings. The molecule has 6 heteroatoms. The average Bonchev–Trinajstić information content (AvgIpc) is 2.82. The van der Waals surface area contributed by atoms with Crippen molar-refractivity contribution in [3.05, 3.63) is 99.6 Å². The molecule has 0 aromatic heterocycles. The van der Waals surface area contributed by atoms with Gasteiger partial charge in [0.25, 0.3) is 5.91 Å². The summed E-state index contributed by atoms with van der Waals surface area (Å²) in [6.45, 7) is 9.88. The van der Waals surface area contributed by atoms with Crippen LogP contribution in [0.4, 0.5) is 0 Å². The fourth-order valence-electron chi connectivity index (χ4n) is 4.14. The van der Waals surface area contributed by atoms with Crippen molar-refractivity contribution in [2.24, 2.45) is 0 Å². The van der Waals surface area contributed by atoms with Gasteiger partial charge in [-0.15, -0.1) is 0 Å². The van der Waals surface area contributed by atoms with Gasteiger partial charge in [-0.25, -0.2) is 0 Å². The summed E-state index contributed by atoms with van der Waals surface area (Å²) in [5, 5.41) is 3.57. The van der Waals surface area contributed by atoms with E-state index in [0.717, 1.165) is 27.8 Å². The van der Waals surface area contributed by atoms with E-state index in [4.69, 9.17) is 16.3 Å². The molecule has 0 radical (unpaired) electrons. The highest BCUT2D eigenvalue weighted by Crippen LogP contribution is 2.24. The van der Waals surface area contributed by atoms with E-state index < -0.39 is 6.04 Å². The van der Waals surface area contributed by atoms with Crippen LogP contribution in [0.5, 0.6) is 5.75 Å². The Bertz CT molecular complexity index is 1190. The van der Waals surface area contributed by atoms with Crippen LogP contribution >= 0.6 is 11.6 Å². The van der Waals surface area contributed by atoms with Gasteiger partial charge in [0.05, 0.1) is 0 Å². The number of amides is 2. The van der Waals surface area contributed by atoms with Gasteiger partial charge in [0.1, 0.15) is 11.8 Å². The summed E-state index contributed by atoms with van der Waals surface area (Å²) in [6.07, 6.45) is 0.383. The number of benzene rings is 3. The van der Waals surface area contributed by atoms with Gasteiger partial charge in [0.15, 0.2) is 6.61 Å². The van der Waals surface area contributed by atoms with E-state index >= 15 is 0 Å². The highest BCUT2D eigenvalue weighted by Gasteiger charge is 2.31. The molecule has 0 saturated carbocycles. The normalized spacial score (nSPS) is 11.8. The number of nitrogens with zero attached hydrogens (tertiary/aromatic N) is 1. The van der Waals surface area contributed by atoms with E-state index in [-0.39, 0.29) is 31.0 Å². The van der Waals surface area contributed by atoms with Crippen molar-refractivity contribution in [1.29, 1.82) is 0 Å². The highest BCUT2D eigenvalue weighted by atomic mass is 35.5. The number of carbonyl (C=O) groups excluding carboxylic acids is 2. The van der Waals surface area contributed by atoms with Crippen LogP contribution in [0.25, 0.3) is 0 Å². The summed E-state index contributed by atoms with van der Waals surface area (Å²) in [6, 6.07) is 20.3. The maximum Gasteiger partial charge on any atom is 0.261 e. The topological polar surface area (TPSA) is 58.6 Å². The summed E-state index contributed by atoms with van der Waals surface area (Å²) in [4.78, 5) is 28.7. The Morgan fingerprint density at radius 1 is 0.944 bits per heavy atom. The molecule has 3 rings (SSSR count). The molecule has 0 saturated heterocycles. The van der Waals surface area contributed by atoms with Crippen LogP contribution in [0.3, 0.4) is 0 Å². The first-order valence-corrected chi connectivity index (χ1v) is 12.6. The third-order valence-corrected chi connectivity index (χ3v) is 6.29. The van der Waals surface area contributed by atoms with Gasteiger partial charge in [-0.2, -0.15) is 0 Å². The van der Waals surface area contributed by atoms with E-state index in [1.807, 2.05) is 89.2 Å². The molecular weight excluding hydrogens is 472 g/mol. The number of nitrogens with one attached hydrogen (secondary N) is 1. The monoisotopic (exact) mass is 506 g/mol. The third-order valence-electron chi connectivity index (χ3n) is 6.06. The number of hydrogen-bond donors (Lipinski definition) is 1. The van der Waals surface area contributed by atoms with E-state index in [1.165, 1.54) is 0 Å². The molecule has 3 aromatic rings. The molecule has 0 aliphatic rings. The predicted octanol–water partition coefficient (Wildman–Crippen LogP) is 5.81. The van der Waals surface area contributed by atoms with Gasteiger partial charge >= 0.3 is 0 Å². The SMILES string of the molecule is Cc1cc(C)c(C)c(OCC(=O)N(Cc2cccc(Cl)c2)[C@@H](Cc2ccccc2)C(=O)NC(C)C)c1. The first-order valence-electron chi connectivity index (χ1n) is 12.2. The van der Waals surface area contributed by atoms with Gasteiger partial charge in [-0.1, -0.05) is 60.1 Å². The van der Waals surface area contributed by atoms with Crippen LogP contribution in [0.2, 0.25) is 5.02 Å². The maximum absolute atomic E-state index is 13.7. The lowest BCUT2D eigenvalue weighted by molar-refractivity contribution is -0.143. The third kappa shape index (κ3) is 7.59. The lowest BCUT2D eigenvalue weighted by Crippen LogP contribution is -2.52. The zero-order valence-electron chi connectivity index (χ0n) is 21.7. The Morgan fingerprint density at radius 2 is 1.64 bits per heavy atom. The van der Waals surface area contributed by atoms with Gasteiger partial charge in [-0.3, -0.25) is 9.59 Å². The summed E-state index contributed by atoms with van der Waals surface area (Å²) in [5.74, 6) is 0.204. The summed E-state index contributed by atoms with van der Waals surface area (Å²) in [5.41, 5.74) is 4.97. The van der Waals surface area contributed by atoms with Crippen molar-refractivity contribution < 1.29 is 14.3 Å². The molecule has 36 heavy (non-hydrogen) atoms. The Labute approximate surface area is 219 Å². The lowest BCUT2D eigenvalue weighted by atomic mass is 10.0. The second kappa shape index (κ2) is 12.6. The maximum atomic E-state index is 13.7. The Morgan fingerprint density at radius 3 is 2.31 bits per heavy atom. The smallest absolute Gasteiger partial charge is 0.261 e. The van der Waals surface area contributed by atoms with E-state index in [2.05, 4.69) is 11.4 Å². The summed E-state index contributed by atoms with van der Waals surface area (Å²) >= 11 is 6.23. The van der Waals surface area contributed by atoms with Gasteiger partial charge < -0.3 is 15.0 Å². The van der Waals surface area contributed by atoms with Crippen LogP contribution in [0.1, 0.15) is 41.7 Å². The number of halogens is 1. The van der Waals surface area contributed by atoms with Crippen molar-refractivity contribution in [1.82, 2.24) is 10.2 Å². The Balaban J connectivity index is 1.94. The summed E-state index contributed by atoms with van der Waals surface area (Å²) in [7, 11) is 0. The molecule has 1 N–H and O–H groups in total. The van der Waals surface area contributed by atoms with Gasteiger partial charge in [0.2, 0.25) is 5.91 Å². The molecule has 1 atom stereocenters. The second-order valence-electron chi connectivity index (χ2n) is 9.51. The van der Waals surface area contributed by atoms with E-state index in [1.54, 1.807) is 11.0 Å². The molecule has 0 unspecified atom stereocenters. The highest BCUT2D eigenvalue weighted by molar-refractivity contribution is 6.30. The van der Waals surface area contributed by atoms with Gasteiger partial charge in [0, 0.05) is 24.0 Å². The molecule has 2 amide bonds. The molecule has 0 heterocycles. The van der Waals surface area contributed by atoms with Crippen LogP contribution in [-0.2, 0) is 22.6 Å². The largest absolute Gasteiger partial charge is 0.483 e. The number of ether oxygens (including phenoxy) is 1. The molecule has 0 aliphatic heterocycles.